The van der Waals surface area contributed by atoms with Gasteiger partial charge in [0.25, 0.3) is 17.7 Å². The molecule has 3 amide bonds. The quantitative estimate of drug-likeness (QED) is 0.766. The van der Waals surface area contributed by atoms with E-state index in [9.17, 15) is 14.4 Å². The number of benzene rings is 2. The zero-order valence-corrected chi connectivity index (χ0v) is 17.2. The monoisotopic (exact) mass is 421 g/mol. The lowest BCUT2D eigenvalue weighted by molar-refractivity contribution is 0.0691. The molecule has 2 aromatic rings. The van der Waals surface area contributed by atoms with E-state index in [1.54, 1.807) is 23.1 Å². The lowest BCUT2D eigenvalue weighted by Crippen LogP contribution is -2.45. The van der Waals surface area contributed by atoms with Crippen molar-refractivity contribution >= 4 is 23.4 Å². The molecule has 0 radical (unpaired) electrons. The number of carbonyl (C=O) groups excluding carboxylic acids is 3. The second-order valence-electron chi connectivity index (χ2n) is 8.02. The highest BCUT2D eigenvalue weighted by atomic mass is 16.6. The highest BCUT2D eigenvalue weighted by molar-refractivity contribution is 6.21. The van der Waals surface area contributed by atoms with E-state index in [4.69, 9.17) is 9.47 Å². The molecule has 0 aliphatic carbocycles. The summed E-state index contributed by atoms with van der Waals surface area (Å²) in [7, 11) is 1.45. The fourth-order valence-electron chi connectivity index (χ4n) is 4.33. The molecule has 3 heterocycles. The second-order valence-corrected chi connectivity index (χ2v) is 8.02. The van der Waals surface area contributed by atoms with Crippen LogP contribution in [0.1, 0.15) is 43.9 Å². The molecule has 31 heavy (non-hydrogen) atoms. The van der Waals surface area contributed by atoms with Gasteiger partial charge in [0.2, 0.25) is 0 Å². The minimum atomic E-state index is -0.369. The van der Waals surface area contributed by atoms with Crippen LogP contribution in [0.15, 0.2) is 36.4 Å². The van der Waals surface area contributed by atoms with E-state index in [1.165, 1.54) is 7.05 Å². The van der Waals surface area contributed by atoms with Gasteiger partial charge >= 0.3 is 0 Å². The third-order valence-corrected chi connectivity index (χ3v) is 5.96. The first-order chi connectivity index (χ1) is 15.0. The number of carbonyl (C=O) groups is 3. The van der Waals surface area contributed by atoms with E-state index in [0.29, 0.717) is 43.0 Å². The van der Waals surface area contributed by atoms with Crippen LogP contribution in [0.5, 0.6) is 11.5 Å². The molecular weight excluding hydrogens is 398 g/mol. The SMILES string of the molecule is CN1C(=O)c2ccc(C(=O)N3CCC[C@@H](Nc4ccc5c(c4)OCCO5)C3)cc2C1=O. The number of imide groups is 1. The number of piperidine rings is 1. The number of hydrogen-bond acceptors (Lipinski definition) is 6. The Balaban J connectivity index is 1.29. The maximum Gasteiger partial charge on any atom is 0.261 e. The summed E-state index contributed by atoms with van der Waals surface area (Å²) in [5.41, 5.74) is 1.99. The molecule has 0 aromatic heterocycles. The van der Waals surface area contributed by atoms with Crippen molar-refractivity contribution in [2.24, 2.45) is 0 Å². The van der Waals surface area contributed by atoms with Crippen LogP contribution < -0.4 is 14.8 Å². The summed E-state index contributed by atoms with van der Waals surface area (Å²) in [6, 6.07) is 10.6. The fourth-order valence-corrected chi connectivity index (χ4v) is 4.33. The van der Waals surface area contributed by atoms with Crippen molar-refractivity contribution in [3.8, 4) is 11.5 Å². The van der Waals surface area contributed by atoms with Crippen LogP contribution >= 0.6 is 0 Å². The average molecular weight is 421 g/mol. The molecule has 1 atom stereocenters. The van der Waals surface area contributed by atoms with Crippen molar-refractivity contribution in [3.05, 3.63) is 53.1 Å². The fraction of sp³-hybridized carbons (Fsp3) is 0.348. The number of rotatable bonds is 3. The van der Waals surface area contributed by atoms with Crippen LogP contribution in [0.25, 0.3) is 0 Å². The maximum atomic E-state index is 13.1. The Morgan fingerprint density at radius 3 is 2.61 bits per heavy atom. The summed E-state index contributed by atoms with van der Waals surface area (Å²) in [4.78, 5) is 40.3. The number of nitrogens with zero attached hydrogens (tertiary/aromatic N) is 2. The number of amides is 3. The summed E-state index contributed by atoms with van der Waals surface area (Å²) in [6.07, 6.45) is 1.82. The van der Waals surface area contributed by atoms with Crippen LogP contribution in [0.4, 0.5) is 5.69 Å². The van der Waals surface area contributed by atoms with E-state index >= 15 is 0 Å². The highest BCUT2D eigenvalue weighted by Crippen LogP contribution is 2.33. The van der Waals surface area contributed by atoms with Crippen molar-refractivity contribution in [2.75, 3.05) is 38.7 Å². The molecule has 0 unspecified atom stereocenters. The van der Waals surface area contributed by atoms with E-state index in [1.807, 2.05) is 18.2 Å². The first kappa shape index (κ1) is 19.4. The summed E-state index contributed by atoms with van der Waals surface area (Å²) >= 11 is 0. The van der Waals surface area contributed by atoms with E-state index in [0.717, 1.165) is 34.9 Å². The Morgan fingerprint density at radius 2 is 1.77 bits per heavy atom. The maximum absolute atomic E-state index is 13.1. The molecule has 2 aromatic carbocycles. The predicted octanol–water partition coefficient (Wildman–Crippen LogP) is 2.40. The Morgan fingerprint density at radius 1 is 1.00 bits per heavy atom. The third-order valence-electron chi connectivity index (χ3n) is 5.96. The number of fused-ring (bicyclic) bond motifs is 2. The van der Waals surface area contributed by atoms with Crippen LogP contribution in [0, 0.1) is 0 Å². The molecule has 5 rings (SSSR count). The van der Waals surface area contributed by atoms with Gasteiger partial charge in [-0.05, 0) is 43.2 Å². The molecule has 3 aliphatic rings. The minimum absolute atomic E-state index is 0.101. The van der Waals surface area contributed by atoms with Crippen molar-refractivity contribution in [1.29, 1.82) is 0 Å². The van der Waals surface area contributed by atoms with Crippen molar-refractivity contribution in [2.45, 2.75) is 18.9 Å². The van der Waals surface area contributed by atoms with Crippen LogP contribution in [-0.2, 0) is 0 Å². The lowest BCUT2D eigenvalue weighted by atomic mass is 10.0. The van der Waals surface area contributed by atoms with Crippen LogP contribution in [0.2, 0.25) is 0 Å². The van der Waals surface area contributed by atoms with Gasteiger partial charge < -0.3 is 19.7 Å². The molecule has 1 fully saturated rings. The second kappa shape index (κ2) is 7.61. The first-order valence-electron chi connectivity index (χ1n) is 10.4. The van der Waals surface area contributed by atoms with Crippen LogP contribution in [0.3, 0.4) is 0 Å². The molecule has 0 spiro atoms. The Hall–Kier alpha value is -3.55. The van der Waals surface area contributed by atoms with E-state index < -0.39 is 0 Å². The lowest BCUT2D eigenvalue weighted by Gasteiger charge is -2.34. The Kier molecular flexibility index (Phi) is 4.77. The number of likely N-dealkylation sites (tertiary alicyclic amines) is 1. The topological polar surface area (TPSA) is 88.2 Å². The van der Waals surface area contributed by atoms with Gasteiger partial charge in [-0.15, -0.1) is 0 Å². The van der Waals surface area contributed by atoms with Crippen molar-refractivity contribution in [1.82, 2.24) is 9.80 Å². The number of hydrogen-bond donors (Lipinski definition) is 1. The van der Waals surface area contributed by atoms with Gasteiger partial charge in [-0.3, -0.25) is 19.3 Å². The molecule has 1 saturated heterocycles. The molecule has 160 valence electrons. The van der Waals surface area contributed by atoms with Gasteiger partial charge in [0.15, 0.2) is 11.5 Å². The largest absolute Gasteiger partial charge is 0.486 e. The van der Waals surface area contributed by atoms with Gasteiger partial charge in [0.1, 0.15) is 13.2 Å². The molecular formula is C23H23N3O5. The Bertz CT molecular complexity index is 1080. The molecule has 1 N–H and O–H groups in total. The normalized spacial score (nSPS) is 20.0. The smallest absolute Gasteiger partial charge is 0.261 e. The zero-order chi connectivity index (χ0) is 21.5. The third kappa shape index (κ3) is 3.48. The average Bonchev–Trinajstić information content (AvgIpc) is 3.02. The molecule has 3 aliphatic heterocycles. The van der Waals surface area contributed by atoms with Gasteiger partial charge in [-0.25, -0.2) is 0 Å². The standard InChI is InChI=1S/C23H23N3O5/c1-25-22(28)17-6-4-14(11-18(17)23(25)29)21(27)26-8-2-3-16(13-26)24-15-5-7-19-20(12-15)31-10-9-30-19/h4-7,11-12,16,24H,2-3,8-10,13H2,1H3/t16-/m1/s1. The Labute approximate surface area is 179 Å². The molecule has 0 saturated carbocycles. The van der Waals surface area contributed by atoms with Gasteiger partial charge in [-0.2, -0.15) is 0 Å². The first-order valence-corrected chi connectivity index (χ1v) is 10.4. The summed E-state index contributed by atoms with van der Waals surface area (Å²) in [5, 5.41) is 3.49. The summed E-state index contributed by atoms with van der Waals surface area (Å²) < 4.78 is 11.2. The highest BCUT2D eigenvalue weighted by Gasteiger charge is 2.34. The van der Waals surface area contributed by atoms with Gasteiger partial charge in [0.05, 0.1) is 11.1 Å². The van der Waals surface area contributed by atoms with Crippen molar-refractivity contribution < 1.29 is 23.9 Å². The van der Waals surface area contributed by atoms with Gasteiger partial charge in [-0.1, -0.05) is 0 Å². The van der Waals surface area contributed by atoms with Crippen molar-refractivity contribution in [3.63, 3.8) is 0 Å². The molecule has 8 nitrogen and oxygen atoms in total. The zero-order valence-electron chi connectivity index (χ0n) is 17.2. The van der Waals surface area contributed by atoms with E-state index in [-0.39, 0.29) is 23.8 Å². The summed E-state index contributed by atoms with van der Waals surface area (Å²) in [5.74, 6) is 0.633. The molecule has 0 bridgehead atoms. The number of anilines is 1. The van der Waals surface area contributed by atoms with E-state index in [2.05, 4.69) is 5.32 Å². The number of ether oxygens (including phenoxy) is 2. The summed E-state index contributed by atoms with van der Waals surface area (Å²) in [6.45, 7) is 2.30. The number of nitrogens with one attached hydrogen (secondary N) is 1. The minimum Gasteiger partial charge on any atom is -0.486 e. The van der Waals surface area contributed by atoms with Crippen LogP contribution in [-0.4, -0.2) is 66.9 Å². The van der Waals surface area contributed by atoms with Gasteiger partial charge in [0, 0.05) is 43.5 Å². The predicted molar refractivity (Wildman–Crippen MR) is 113 cm³/mol. The molecule has 8 heteroatoms.